The molecule has 0 amide bonds. The Hall–Kier alpha value is -4.13. The summed E-state index contributed by atoms with van der Waals surface area (Å²) in [5.74, 6) is -0.329. The molecule has 0 aliphatic rings. The molecule has 148 valence electrons. The largest absolute Gasteiger partial charge is 0.397 e. The summed E-state index contributed by atoms with van der Waals surface area (Å²) >= 11 is 0. The monoisotopic (exact) mass is 399 g/mol. The van der Waals surface area contributed by atoms with Crippen LogP contribution in [0.25, 0.3) is 22.4 Å². The third-order valence-electron chi connectivity index (χ3n) is 4.69. The quantitative estimate of drug-likeness (QED) is 0.492. The number of nitrogen functional groups attached to an aromatic ring is 2. The molecule has 0 fully saturated rings. The number of pyridine rings is 3. The molecule has 1 aromatic carbocycles. The van der Waals surface area contributed by atoms with Gasteiger partial charge >= 0.3 is 0 Å². The predicted octanol–water partition coefficient (Wildman–Crippen LogP) is 3.93. The lowest BCUT2D eigenvalue weighted by Crippen LogP contribution is -2.11. The summed E-state index contributed by atoms with van der Waals surface area (Å²) in [7, 11) is 0. The second-order valence-corrected chi connectivity index (χ2v) is 6.72. The van der Waals surface area contributed by atoms with Crippen molar-refractivity contribution in [3.05, 3.63) is 90.3 Å². The van der Waals surface area contributed by atoms with Crippen LogP contribution < -0.4 is 11.5 Å². The minimum Gasteiger partial charge on any atom is -0.397 e. The van der Waals surface area contributed by atoms with Gasteiger partial charge < -0.3 is 11.5 Å². The van der Waals surface area contributed by atoms with E-state index in [0.29, 0.717) is 22.6 Å². The molecule has 0 spiro atoms. The van der Waals surface area contributed by atoms with E-state index >= 15 is 0 Å². The van der Waals surface area contributed by atoms with E-state index in [1.54, 1.807) is 55.0 Å². The van der Waals surface area contributed by atoms with Gasteiger partial charge in [-0.15, -0.1) is 0 Å². The van der Waals surface area contributed by atoms with Gasteiger partial charge in [0.1, 0.15) is 17.3 Å². The topological polar surface area (TPSA) is 108 Å². The molecule has 4 rings (SSSR count). The summed E-state index contributed by atoms with van der Waals surface area (Å²) in [4.78, 5) is 25.5. The molecule has 6 nitrogen and oxygen atoms in total. The van der Waals surface area contributed by atoms with Gasteiger partial charge in [-0.1, -0.05) is 12.1 Å². The Balaban J connectivity index is 1.69. The summed E-state index contributed by atoms with van der Waals surface area (Å²) in [6, 6.07) is 14.8. The number of nitrogens with two attached hydrogens (primary N) is 2. The van der Waals surface area contributed by atoms with Crippen molar-refractivity contribution >= 4 is 17.3 Å². The zero-order valence-corrected chi connectivity index (χ0v) is 15.9. The van der Waals surface area contributed by atoms with Crippen LogP contribution in [0.4, 0.5) is 15.9 Å². The molecule has 0 radical (unpaired) electrons. The number of rotatable bonds is 5. The van der Waals surface area contributed by atoms with Gasteiger partial charge in [-0.3, -0.25) is 9.78 Å². The smallest absolute Gasteiger partial charge is 0.187 e. The fraction of sp³-hybridized carbons (Fsp3) is 0.0435. The van der Waals surface area contributed by atoms with Crippen LogP contribution in [-0.4, -0.2) is 20.7 Å². The molecule has 4 N–H and O–H groups in total. The second-order valence-electron chi connectivity index (χ2n) is 6.72. The Morgan fingerprint density at radius 2 is 1.80 bits per heavy atom. The van der Waals surface area contributed by atoms with Crippen molar-refractivity contribution in [2.24, 2.45) is 0 Å². The van der Waals surface area contributed by atoms with E-state index in [9.17, 15) is 9.18 Å². The molecule has 7 heteroatoms. The van der Waals surface area contributed by atoms with Crippen molar-refractivity contribution in [3.63, 3.8) is 0 Å². The van der Waals surface area contributed by atoms with Crippen molar-refractivity contribution in [2.75, 3.05) is 11.5 Å². The maximum absolute atomic E-state index is 14.1. The van der Waals surface area contributed by atoms with Gasteiger partial charge in [0.05, 0.1) is 11.4 Å². The SMILES string of the molecule is Nc1cc(-c2ccncc2CC(=O)c2nc(-c3ccccc3F)ccc2N)ccn1. The van der Waals surface area contributed by atoms with Crippen LogP contribution in [0, 0.1) is 5.82 Å². The summed E-state index contributed by atoms with van der Waals surface area (Å²) in [6.45, 7) is 0. The average molecular weight is 399 g/mol. The lowest BCUT2D eigenvalue weighted by Gasteiger charge is -2.11. The van der Waals surface area contributed by atoms with E-state index in [2.05, 4.69) is 15.0 Å². The van der Waals surface area contributed by atoms with Crippen LogP contribution >= 0.6 is 0 Å². The Bertz CT molecular complexity index is 1240. The number of carbonyl (C=O) groups is 1. The molecule has 30 heavy (non-hydrogen) atoms. The lowest BCUT2D eigenvalue weighted by molar-refractivity contribution is 0.0989. The number of Topliss-reactive ketones (excluding diaryl/α,β-unsaturated/α-hetero) is 1. The zero-order chi connectivity index (χ0) is 21.1. The molecule has 0 atom stereocenters. The van der Waals surface area contributed by atoms with Crippen molar-refractivity contribution in [2.45, 2.75) is 6.42 Å². The van der Waals surface area contributed by atoms with Crippen LogP contribution in [0.15, 0.2) is 73.2 Å². The van der Waals surface area contributed by atoms with E-state index < -0.39 is 5.82 Å². The predicted molar refractivity (Wildman–Crippen MR) is 114 cm³/mol. The zero-order valence-electron chi connectivity index (χ0n) is 15.9. The highest BCUT2D eigenvalue weighted by atomic mass is 19.1. The highest BCUT2D eigenvalue weighted by molar-refractivity contribution is 6.01. The number of ketones is 1. The van der Waals surface area contributed by atoms with E-state index in [-0.39, 0.29) is 23.6 Å². The van der Waals surface area contributed by atoms with Gasteiger partial charge in [0.25, 0.3) is 0 Å². The van der Waals surface area contributed by atoms with Gasteiger partial charge in [-0.25, -0.2) is 14.4 Å². The molecular formula is C23H18FN5O. The molecule has 0 aliphatic carbocycles. The lowest BCUT2D eigenvalue weighted by atomic mass is 9.97. The minimum absolute atomic E-state index is 0.0311. The molecule has 0 aliphatic heterocycles. The molecule has 0 saturated heterocycles. The van der Waals surface area contributed by atoms with E-state index in [4.69, 9.17) is 11.5 Å². The third-order valence-corrected chi connectivity index (χ3v) is 4.69. The number of halogens is 1. The first-order valence-electron chi connectivity index (χ1n) is 9.22. The van der Waals surface area contributed by atoms with Gasteiger partial charge in [-0.05, 0) is 59.2 Å². The Morgan fingerprint density at radius 3 is 2.60 bits per heavy atom. The molecule has 3 aromatic heterocycles. The minimum atomic E-state index is -0.419. The summed E-state index contributed by atoms with van der Waals surface area (Å²) in [6.07, 6.45) is 4.91. The van der Waals surface area contributed by atoms with Crippen molar-refractivity contribution < 1.29 is 9.18 Å². The van der Waals surface area contributed by atoms with Gasteiger partial charge in [0.15, 0.2) is 5.78 Å². The number of carbonyl (C=O) groups excluding carboxylic acids is 1. The number of anilines is 2. The van der Waals surface area contributed by atoms with Gasteiger partial charge in [0.2, 0.25) is 0 Å². The van der Waals surface area contributed by atoms with Gasteiger partial charge in [0, 0.05) is 30.6 Å². The van der Waals surface area contributed by atoms with Crippen molar-refractivity contribution in [1.29, 1.82) is 0 Å². The van der Waals surface area contributed by atoms with Crippen LogP contribution in [0.5, 0.6) is 0 Å². The van der Waals surface area contributed by atoms with Crippen molar-refractivity contribution in [1.82, 2.24) is 15.0 Å². The number of nitrogens with zero attached hydrogens (tertiary/aromatic N) is 3. The third kappa shape index (κ3) is 3.86. The number of hydrogen-bond donors (Lipinski definition) is 2. The average Bonchev–Trinajstić information content (AvgIpc) is 2.75. The van der Waals surface area contributed by atoms with E-state index in [0.717, 1.165) is 11.1 Å². The second kappa shape index (κ2) is 8.08. The summed E-state index contributed by atoms with van der Waals surface area (Å²) in [5.41, 5.74) is 15.1. The maximum Gasteiger partial charge on any atom is 0.187 e. The Kier molecular flexibility index (Phi) is 5.17. The molecule has 3 heterocycles. The number of aromatic nitrogens is 3. The van der Waals surface area contributed by atoms with Crippen LogP contribution in [0.2, 0.25) is 0 Å². The molecule has 0 unspecified atom stereocenters. The first kappa shape index (κ1) is 19.2. The number of benzene rings is 1. The standard InChI is InChI=1S/C23H18FN5O/c24-18-4-2-1-3-17(18)20-6-5-19(25)23(29-20)21(30)11-15-13-27-9-8-16(15)14-7-10-28-22(26)12-14/h1-10,12-13H,11,25H2,(H2,26,28). The highest BCUT2D eigenvalue weighted by Crippen LogP contribution is 2.27. The summed E-state index contributed by atoms with van der Waals surface area (Å²) in [5, 5.41) is 0. The number of hydrogen-bond acceptors (Lipinski definition) is 6. The Morgan fingerprint density at radius 1 is 0.967 bits per heavy atom. The van der Waals surface area contributed by atoms with Gasteiger partial charge in [-0.2, -0.15) is 0 Å². The van der Waals surface area contributed by atoms with Crippen LogP contribution in [-0.2, 0) is 6.42 Å². The summed E-state index contributed by atoms with van der Waals surface area (Å²) < 4.78 is 14.1. The normalized spacial score (nSPS) is 10.7. The highest BCUT2D eigenvalue weighted by Gasteiger charge is 2.17. The molecule has 0 bridgehead atoms. The molecule has 0 saturated carbocycles. The maximum atomic E-state index is 14.1. The first-order chi connectivity index (χ1) is 14.5. The first-order valence-corrected chi connectivity index (χ1v) is 9.22. The van der Waals surface area contributed by atoms with Crippen LogP contribution in [0.3, 0.4) is 0 Å². The Labute approximate surface area is 172 Å². The molecular weight excluding hydrogens is 381 g/mol. The fourth-order valence-electron chi connectivity index (χ4n) is 3.23. The fourth-order valence-corrected chi connectivity index (χ4v) is 3.23. The van der Waals surface area contributed by atoms with Crippen molar-refractivity contribution in [3.8, 4) is 22.4 Å². The van der Waals surface area contributed by atoms with E-state index in [1.165, 1.54) is 6.07 Å². The van der Waals surface area contributed by atoms with E-state index in [1.807, 2.05) is 12.1 Å². The molecule has 4 aromatic rings. The van der Waals surface area contributed by atoms with Crippen LogP contribution in [0.1, 0.15) is 16.1 Å².